The summed E-state index contributed by atoms with van der Waals surface area (Å²) in [5.41, 5.74) is 0. The van der Waals surface area contributed by atoms with Gasteiger partial charge in [0.05, 0.1) is 0 Å². The van der Waals surface area contributed by atoms with E-state index in [1.54, 1.807) is 0 Å². The van der Waals surface area contributed by atoms with Gasteiger partial charge in [-0.1, -0.05) is 12.8 Å². The van der Waals surface area contributed by atoms with Crippen LogP contribution in [0.5, 0.6) is 0 Å². The van der Waals surface area contributed by atoms with Gasteiger partial charge in [0.15, 0.2) is 0 Å². The minimum absolute atomic E-state index is 0.360. The Kier molecular flexibility index (Phi) is 2.41. The first kappa shape index (κ1) is 7.23. The van der Waals surface area contributed by atoms with Crippen LogP contribution < -0.4 is 0 Å². The summed E-state index contributed by atoms with van der Waals surface area (Å²) in [6.07, 6.45) is 15.4. The summed E-state index contributed by atoms with van der Waals surface area (Å²) in [7, 11) is 0. The van der Waals surface area contributed by atoms with Gasteiger partial charge in [0.2, 0.25) is 0 Å². The molecular formula is C10H12. The van der Waals surface area contributed by atoms with Gasteiger partial charge in [0.25, 0.3) is 0 Å². The van der Waals surface area contributed by atoms with E-state index in [9.17, 15) is 0 Å². The second-order valence-corrected chi connectivity index (χ2v) is 2.83. The lowest BCUT2D eigenvalue weighted by Crippen LogP contribution is -2.15. The third-order valence-electron chi connectivity index (χ3n) is 2.19. The predicted molar refractivity (Wildman–Crippen MR) is 43.1 cm³/mol. The summed E-state index contributed by atoms with van der Waals surface area (Å²) in [5.74, 6) is 6.24. The van der Waals surface area contributed by atoms with Gasteiger partial charge in [-0.05, 0) is 12.8 Å². The second-order valence-electron chi connectivity index (χ2n) is 2.83. The highest BCUT2D eigenvalue weighted by Gasteiger charge is 2.20. The van der Waals surface area contributed by atoms with Crippen LogP contribution in [-0.2, 0) is 0 Å². The lowest BCUT2D eigenvalue weighted by molar-refractivity contribution is 0.358. The lowest BCUT2D eigenvalue weighted by Gasteiger charge is -2.22. The monoisotopic (exact) mass is 132 g/mol. The quantitative estimate of drug-likeness (QED) is 0.442. The van der Waals surface area contributed by atoms with Crippen LogP contribution in [0.2, 0.25) is 0 Å². The highest BCUT2D eigenvalue weighted by Crippen LogP contribution is 2.28. The molecule has 1 rings (SSSR count). The van der Waals surface area contributed by atoms with Crippen LogP contribution in [-0.4, -0.2) is 0 Å². The molecule has 0 aromatic carbocycles. The molecule has 0 bridgehead atoms. The predicted octanol–water partition coefficient (Wildman–Crippen LogP) is 2.06. The van der Waals surface area contributed by atoms with Crippen molar-refractivity contribution in [3.63, 3.8) is 0 Å². The van der Waals surface area contributed by atoms with E-state index in [1.807, 2.05) is 0 Å². The Morgan fingerprint density at radius 2 is 1.30 bits per heavy atom. The van der Waals surface area contributed by atoms with Crippen molar-refractivity contribution in [2.45, 2.75) is 25.7 Å². The van der Waals surface area contributed by atoms with Gasteiger partial charge in [-0.2, -0.15) is 0 Å². The van der Waals surface area contributed by atoms with Crippen LogP contribution in [0.1, 0.15) is 25.7 Å². The van der Waals surface area contributed by atoms with E-state index in [0.717, 1.165) is 12.8 Å². The summed E-state index contributed by atoms with van der Waals surface area (Å²) in [4.78, 5) is 0. The lowest BCUT2D eigenvalue weighted by atomic mass is 9.80. The van der Waals surface area contributed by atoms with Crippen LogP contribution in [0.15, 0.2) is 0 Å². The molecule has 1 fully saturated rings. The van der Waals surface area contributed by atoms with E-state index in [0.29, 0.717) is 11.8 Å². The molecule has 2 unspecified atom stereocenters. The highest BCUT2D eigenvalue weighted by atomic mass is 14.2. The third kappa shape index (κ3) is 1.34. The Bertz CT molecular complexity index is 155. The zero-order chi connectivity index (χ0) is 7.40. The van der Waals surface area contributed by atoms with Crippen LogP contribution in [0, 0.1) is 36.5 Å². The average molecular weight is 132 g/mol. The standard InChI is InChI=1S/C10H12/c1-3-9-7-5-6-8-10(9)4-2/h1-2,9-10H,5-8H2. The number of terminal acetylenes is 2. The van der Waals surface area contributed by atoms with E-state index in [4.69, 9.17) is 12.8 Å². The van der Waals surface area contributed by atoms with Crippen molar-refractivity contribution < 1.29 is 0 Å². The molecule has 0 heteroatoms. The van der Waals surface area contributed by atoms with Crippen molar-refractivity contribution >= 4 is 0 Å². The summed E-state index contributed by atoms with van der Waals surface area (Å²) >= 11 is 0. The molecule has 0 aromatic rings. The first-order valence-corrected chi connectivity index (χ1v) is 3.80. The summed E-state index contributed by atoms with van der Waals surface area (Å²) < 4.78 is 0. The molecule has 1 aliphatic rings. The summed E-state index contributed by atoms with van der Waals surface area (Å²) in [5, 5.41) is 0. The topological polar surface area (TPSA) is 0 Å². The Balaban J connectivity index is 2.54. The molecule has 1 saturated carbocycles. The molecule has 0 spiro atoms. The van der Waals surface area contributed by atoms with E-state index < -0.39 is 0 Å². The minimum atomic E-state index is 0.360. The molecule has 0 aromatic heterocycles. The Morgan fingerprint density at radius 1 is 0.900 bits per heavy atom. The van der Waals surface area contributed by atoms with E-state index in [2.05, 4.69) is 11.8 Å². The van der Waals surface area contributed by atoms with Crippen LogP contribution in [0.4, 0.5) is 0 Å². The Labute approximate surface area is 63.0 Å². The molecule has 0 radical (unpaired) electrons. The minimum Gasteiger partial charge on any atom is -0.120 e. The molecule has 0 saturated heterocycles. The number of hydrogen-bond acceptors (Lipinski definition) is 0. The second kappa shape index (κ2) is 3.33. The molecule has 0 heterocycles. The first-order valence-electron chi connectivity index (χ1n) is 3.80. The van der Waals surface area contributed by atoms with Crippen molar-refractivity contribution in [3.8, 4) is 24.7 Å². The number of rotatable bonds is 0. The summed E-state index contributed by atoms with van der Waals surface area (Å²) in [6, 6.07) is 0. The van der Waals surface area contributed by atoms with Gasteiger partial charge in [0, 0.05) is 11.8 Å². The van der Waals surface area contributed by atoms with Gasteiger partial charge in [-0.3, -0.25) is 0 Å². The first-order chi connectivity index (χ1) is 4.88. The Hall–Kier alpha value is -0.880. The normalized spacial score (nSPS) is 32.2. The fraction of sp³-hybridized carbons (Fsp3) is 0.600. The maximum Gasteiger partial charge on any atom is 0.0337 e. The number of hydrogen-bond donors (Lipinski definition) is 0. The zero-order valence-electron chi connectivity index (χ0n) is 6.14. The molecule has 2 atom stereocenters. The van der Waals surface area contributed by atoms with Crippen LogP contribution in [0.3, 0.4) is 0 Å². The van der Waals surface area contributed by atoms with Gasteiger partial charge in [-0.15, -0.1) is 24.7 Å². The maximum absolute atomic E-state index is 5.32. The van der Waals surface area contributed by atoms with Crippen LogP contribution >= 0.6 is 0 Å². The van der Waals surface area contributed by atoms with Crippen molar-refractivity contribution in [2.24, 2.45) is 11.8 Å². The molecule has 1 aliphatic carbocycles. The van der Waals surface area contributed by atoms with Gasteiger partial charge < -0.3 is 0 Å². The van der Waals surface area contributed by atoms with Crippen molar-refractivity contribution in [2.75, 3.05) is 0 Å². The van der Waals surface area contributed by atoms with Crippen LogP contribution in [0.25, 0.3) is 0 Å². The fourth-order valence-electron chi connectivity index (χ4n) is 1.53. The average Bonchev–Trinajstić information content (AvgIpc) is 2.04. The summed E-state index contributed by atoms with van der Waals surface area (Å²) in [6.45, 7) is 0. The molecule has 0 amide bonds. The zero-order valence-corrected chi connectivity index (χ0v) is 6.14. The van der Waals surface area contributed by atoms with Gasteiger partial charge in [0.1, 0.15) is 0 Å². The molecule has 0 nitrogen and oxygen atoms in total. The largest absolute Gasteiger partial charge is 0.120 e. The highest BCUT2D eigenvalue weighted by molar-refractivity contribution is 5.07. The Morgan fingerprint density at radius 3 is 1.60 bits per heavy atom. The van der Waals surface area contributed by atoms with Crippen molar-refractivity contribution in [1.82, 2.24) is 0 Å². The van der Waals surface area contributed by atoms with Crippen molar-refractivity contribution in [1.29, 1.82) is 0 Å². The third-order valence-corrected chi connectivity index (χ3v) is 2.19. The van der Waals surface area contributed by atoms with Crippen molar-refractivity contribution in [3.05, 3.63) is 0 Å². The molecule has 0 aliphatic heterocycles. The van der Waals surface area contributed by atoms with E-state index in [-0.39, 0.29) is 0 Å². The van der Waals surface area contributed by atoms with Gasteiger partial charge in [-0.25, -0.2) is 0 Å². The smallest absolute Gasteiger partial charge is 0.0337 e. The molecule has 10 heavy (non-hydrogen) atoms. The van der Waals surface area contributed by atoms with E-state index in [1.165, 1.54) is 12.8 Å². The molecule has 0 N–H and O–H groups in total. The molecule has 52 valence electrons. The maximum atomic E-state index is 5.32. The molecular weight excluding hydrogens is 120 g/mol. The SMILES string of the molecule is C#CC1CCCCC1C#C. The van der Waals surface area contributed by atoms with E-state index >= 15 is 0 Å². The fourth-order valence-corrected chi connectivity index (χ4v) is 1.53. The van der Waals surface area contributed by atoms with Gasteiger partial charge >= 0.3 is 0 Å².